The summed E-state index contributed by atoms with van der Waals surface area (Å²) >= 11 is 4.34. The van der Waals surface area contributed by atoms with Gasteiger partial charge in [-0.1, -0.05) is 42.5 Å². The molecule has 4 atom stereocenters. The van der Waals surface area contributed by atoms with E-state index in [9.17, 15) is 4.79 Å². The fourth-order valence-corrected chi connectivity index (χ4v) is 7.48. The highest BCUT2D eigenvalue weighted by Gasteiger charge is 2.47. The van der Waals surface area contributed by atoms with Crippen molar-refractivity contribution in [3.63, 3.8) is 0 Å². The van der Waals surface area contributed by atoms with E-state index in [0.717, 1.165) is 40.9 Å². The maximum Gasteiger partial charge on any atom is 0.303 e. The number of allylic oxidation sites excluding steroid dienone is 2. The van der Waals surface area contributed by atoms with Gasteiger partial charge in [0.05, 0.1) is 0 Å². The van der Waals surface area contributed by atoms with Crippen molar-refractivity contribution in [3.8, 4) is 0 Å². The SMILES string of the molecule is O=C(O)CCC/C=C\C[C@@H]1[C@H](CSCc2ccccc2)[C@@H]2CC[C@H]1S2. The van der Waals surface area contributed by atoms with Crippen LogP contribution in [0.25, 0.3) is 0 Å². The van der Waals surface area contributed by atoms with Crippen molar-refractivity contribution in [1.82, 2.24) is 0 Å². The first-order chi connectivity index (χ1) is 12.2. The normalized spacial score (nSPS) is 28.0. The van der Waals surface area contributed by atoms with E-state index in [1.807, 2.05) is 0 Å². The van der Waals surface area contributed by atoms with Crippen molar-refractivity contribution in [2.24, 2.45) is 11.8 Å². The second kappa shape index (κ2) is 9.72. The highest BCUT2D eigenvalue weighted by atomic mass is 32.2. The molecule has 0 saturated carbocycles. The van der Waals surface area contributed by atoms with Gasteiger partial charge in [-0.3, -0.25) is 4.79 Å². The molecule has 2 heterocycles. The summed E-state index contributed by atoms with van der Waals surface area (Å²) in [7, 11) is 0. The van der Waals surface area contributed by atoms with Gasteiger partial charge in [0.1, 0.15) is 0 Å². The van der Waals surface area contributed by atoms with Gasteiger partial charge in [0.15, 0.2) is 0 Å². The number of hydrogen-bond donors (Lipinski definition) is 1. The standard InChI is InChI=1S/C21H28O2S2/c22-21(23)11-7-2-1-6-10-17-18(20-13-12-19(17)25-20)15-24-14-16-8-4-3-5-9-16/h1,3-6,8-9,17-20H,2,7,10-15H2,(H,22,23)/b6-1-/t17-,18+,19-,20+/m1/s1. The molecule has 25 heavy (non-hydrogen) atoms. The van der Waals surface area contributed by atoms with Gasteiger partial charge in [0.25, 0.3) is 0 Å². The van der Waals surface area contributed by atoms with Crippen molar-refractivity contribution in [3.05, 3.63) is 48.0 Å². The summed E-state index contributed by atoms with van der Waals surface area (Å²) in [5.74, 6) is 3.38. The van der Waals surface area contributed by atoms with E-state index in [0.29, 0.717) is 0 Å². The zero-order valence-corrected chi connectivity index (χ0v) is 16.3. The van der Waals surface area contributed by atoms with Crippen LogP contribution < -0.4 is 0 Å². The first-order valence-corrected chi connectivity index (χ1v) is 11.5. The minimum atomic E-state index is -0.687. The first-order valence-electron chi connectivity index (χ1n) is 9.38. The van der Waals surface area contributed by atoms with Crippen LogP contribution >= 0.6 is 23.5 Å². The summed E-state index contributed by atoms with van der Waals surface area (Å²) in [6.45, 7) is 0. The van der Waals surface area contributed by atoms with Crippen LogP contribution in [0.4, 0.5) is 0 Å². The molecule has 0 amide bonds. The molecule has 1 aromatic rings. The zero-order chi connectivity index (χ0) is 17.5. The predicted molar refractivity (Wildman–Crippen MR) is 109 cm³/mol. The molecule has 1 aromatic carbocycles. The van der Waals surface area contributed by atoms with E-state index in [4.69, 9.17) is 5.11 Å². The molecule has 136 valence electrons. The van der Waals surface area contributed by atoms with Crippen LogP contribution in [0.3, 0.4) is 0 Å². The monoisotopic (exact) mass is 376 g/mol. The molecule has 2 fully saturated rings. The Balaban J connectivity index is 1.43. The molecule has 2 aliphatic heterocycles. The third kappa shape index (κ3) is 5.55. The maximum atomic E-state index is 10.5. The zero-order valence-electron chi connectivity index (χ0n) is 14.7. The van der Waals surface area contributed by atoms with Gasteiger partial charge in [0, 0.05) is 22.7 Å². The van der Waals surface area contributed by atoms with Gasteiger partial charge >= 0.3 is 5.97 Å². The number of benzene rings is 1. The van der Waals surface area contributed by atoms with Gasteiger partial charge in [0.2, 0.25) is 0 Å². The third-order valence-corrected chi connectivity index (χ3v) is 8.38. The summed E-state index contributed by atoms with van der Waals surface area (Å²) in [5, 5.41) is 10.4. The van der Waals surface area contributed by atoms with Gasteiger partial charge in [-0.25, -0.2) is 0 Å². The van der Waals surface area contributed by atoms with Gasteiger partial charge in [-0.2, -0.15) is 23.5 Å². The summed E-state index contributed by atoms with van der Waals surface area (Å²) in [6.07, 6.45) is 10.4. The van der Waals surface area contributed by atoms with Crippen LogP contribution in [0.5, 0.6) is 0 Å². The van der Waals surface area contributed by atoms with Gasteiger partial charge in [-0.05, 0) is 55.3 Å². The number of thioether (sulfide) groups is 2. The fraction of sp³-hybridized carbons (Fsp3) is 0.571. The molecule has 2 saturated heterocycles. The Kier molecular flexibility index (Phi) is 7.35. The van der Waals surface area contributed by atoms with Crippen molar-refractivity contribution in [2.45, 2.75) is 54.8 Å². The van der Waals surface area contributed by atoms with Crippen LogP contribution in [0.15, 0.2) is 42.5 Å². The van der Waals surface area contributed by atoms with Crippen molar-refractivity contribution >= 4 is 29.5 Å². The molecule has 0 radical (unpaired) electrons. The van der Waals surface area contributed by atoms with Crippen molar-refractivity contribution in [2.75, 3.05) is 5.75 Å². The summed E-state index contributed by atoms with van der Waals surface area (Å²) < 4.78 is 0. The summed E-state index contributed by atoms with van der Waals surface area (Å²) in [4.78, 5) is 10.5. The summed E-state index contributed by atoms with van der Waals surface area (Å²) in [5.41, 5.74) is 1.43. The van der Waals surface area contributed by atoms with E-state index in [1.165, 1.54) is 30.6 Å². The van der Waals surface area contributed by atoms with E-state index in [2.05, 4.69) is 66.0 Å². The second-order valence-corrected chi connectivity index (χ2v) is 9.63. The Morgan fingerprint density at radius 2 is 1.92 bits per heavy atom. The quantitative estimate of drug-likeness (QED) is 0.424. The Labute approximate surface area is 159 Å². The average Bonchev–Trinajstić information content (AvgIpc) is 3.21. The van der Waals surface area contributed by atoms with Gasteiger partial charge < -0.3 is 5.11 Å². The molecule has 3 rings (SSSR count). The number of fused-ring (bicyclic) bond motifs is 2. The first kappa shape index (κ1) is 18.9. The van der Waals surface area contributed by atoms with Crippen LogP contribution in [-0.2, 0) is 10.5 Å². The Morgan fingerprint density at radius 3 is 2.68 bits per heavy atom. The Bertz CT molecular complexity index is 573. The largest absolute Gasteiger partial charge is 0.481 e. The number of carboxylic acid groups (broad SMARTS) is 1. The molecule has 4 heteroatoms. The lowest BCUT2D eigenvalue weighted by Crippen LogP contribution is -2.28. The number of rotatable bonds is 10. The predicted octanol–water partition coefficient (Wildman–Crippen LogP) is 5.63. The van der Waals surface area contributed by atoms with Crippen LogP contribution in [-0.4, -0.2) is 27.3 Å². The van der Waals surface area contributed by atoms with E-state index >= 15 is 0 Å². The smallest absolute Gasteiger partial charge is 0.303 e. The average molecular weight is 377 g/mol. The number of carboxylic acids is 1. The highest BCUT2D eigenvalue weighted by Crippen LogP contribution is 2.55. The van der Waals surface area contributed by atoms with E-state index < -0.39 is 5.97 Å². The topological polar surface area (TPSA) is 37.3 Å². The molecular weight excluding hydrogens is 348 g/mol. The molecule has 2 aliphatic rings. The molecule has 2 nitrogen and oxygen atoms in total. The van der Waals surface area contributed by atoms with Crippen LogP contribution in [0, 0.1) is 11.8 Å². The lowest BCUT2D eigenvalue weighted by atomic mass is 9.78. The maximum absolute atomic E-state index is 10.5. The van der Waals surface area contributed by atoms with Crippen molar-refractivity contribution < 1.29 is 9.90 Å². The van der Waals surface area contributed by atoms with Crippen molar-refractivity contribution in [1.29, 1.82) is 0 Å². The van der Waals surface area contributed by atoms with Crippen LogP contribution in [0.1, 0.15) is 44.1 Å². The Hall–Kier alpha value is -0.870. The molecule has 0 aromatic heterocycles. The number of aliphatic carboxylic acids is 1. The molecule has 2 bridgehead atoms. The van der Waals surface area contributed by atoms with E-state index in [-0.39, 0.29) is 6.42 Å². The lowest BCUT2D eigenvalue weighted by molar-refractivity contribution is -0.137. The fourth-order valence-electron chi connectivity index (χ4n) is 4.06. The Morgan fingerprint density at radius 1 is 1.16 bits per heavy atom. The number of unbranched alkanes of at least 4 members (excludes halogenated alkanes) is 1. The highest BCUT2D eigenvalue weighted by molar-refractivity contribution is 8.01. The minimum Gasteiger partial charge on any atom is -0.481 e. The van der Waals surface area contributed by atoms with Crippen LogP contribution in [0.2, 0.25) is 0 Å². The second-order valence-electron chi connectivity index (χ2n) is 7.11. The number of carbonyl (C=O) groups is 1. The minimum absolute atomic E-state index is 0.285. The van der Waals surface area contributed by atoms with E-state index in [1.54, 1.807) is 0 Å². The number of hydrogen-bond acceptors (Lipinski definition) is 3. The molecule has 0 unspecified atom stereocenters. The molecule has 1 N–H and O–H groups in total. The van der Waals surface area contributed by atoms with Gasteiger partial charge in [-0.15, -0.1) is 0 Å². The molecular formula is C21H28O2S2. The summed E-state index contributed by atoms with van der Waals surface area (Å²) in [6, 6.07) is 10.8. The molecule has 0 spiro atoms. The lowest BCUT2D eigenvalue weighted by Gasteiger charge is -2.28. The molecule has 0 aliphatic carbocycles. The third-order valence-electron chi connectivity index (χ3n) is 5.35.